The molecule has 3 nitrogen and oxygen atoms in total. The van der Waals surface area contributed by atoms with E-state index in [9.17, 15) is 10.2 Å². The van der Waals surface area contributed by atoms with Crippen LogP contribution in [0.5, 0.6) is 0 Å². The van der Waals surface area contributed by atoms with E-state index >= 15 is 0 Å². The lowest BCUT2D eigenvalue weighted by molar-refractivity contribution is 0.140. The maximum absolute atomic E-state index is 10.6. The van der Waals surface area contributed by atoms with Gasteiger partial charge in [-0.05, 0) is 68.6 Å². The summed E-state index contributed by atoms with van der Waals surface area (Å²) in [5.74, 6) is 1.15. The Kier molecular flexibility index (Phi) is 8.41. The number of anilines is 1. The van der Waals surface area contributed by atoms with Gasteiger partial charge in [-0.3, -0.25) is 0 Å². The molecule has 0 saturated heterocycles. The van der Waals surface area contributed by atoms with E-state index in [1.807, 2.05) is 18.2 Å². The average Bonchev–Trinajstić information content (AvgIpc) is 3.31. The Labute approximate surface area is 199 Å². The average molecular weight is 446 g/mol. The van der Waals surface area contributed by atoms with Crippen molar-refractivity contribution in [2.45, 2.75) is 64.1 Å². The summed E-state index contributed by atoms with van der Waals surface area (Å²) in [5, 5.41) is 24.6. The van der Waals surface area contributed by atoms with Gasteiger partial charge in [0, 0.05) is 24.6 Å². The maximum atomic E-state index is 10.6. The van der Waals surface area contributed by atoms with Crippen LogP contribution in [0.1, 0.15) is 49.7 Å². The number of aliphatic hydroxyl groups excluding tert-OH is 2. The molecule has 3 heteroatoms. The third kappa shape index (κ3) is 6.82. The first-order chi connectivity index (χ1) is 16.1. The van der Waals surface area contributed by atoms with Crippen LogP contribution in [-0.4, -0.2) is 29.0 Å². The van der Waals surface area contributed by atoms with Crippen molar-refractivity contribution in [3.63, 3.8) is 0 Å². The molecule has 0 aromatic heterocycles. The van der Waals surface area contributed by atoms with Crippen LogP contribution < -0.4 is 5.32 Å². The van der Waals surface area contributed by atoms with Gasteiger partial charge in [-0.1, -0.05) is 78.3 Å². The SMILES string of the molecule is Cc1cccc(C[C@@H](O)/C=C/[C@@H]2[C@H]3CC(CCCCCNc4ccccc4)=C[C@H]3C[C@H]2O)c1. The molecule has 3 N–H and O–H groups in total. The first-order valence-electron chi connectivity index (χ1n) is 12.7. The molecule has 0 aliphatic heterocycles. The second-order valence-electron chi connectivity index (χ2n) is 9.99. The highest BCUT2D eigenvalue weighted by Crippen LogP contribution is 2.48. The fourth-order valence-corrected chi connectivity index (χ4v) is 5.64. The third-order valence-electron chi connectivity index (χ3n) is 7.31. The van der Waals surface area contributed by atoms with Crippen molar-refractivity contribution < 1.29 is 10.2 Å². The molecule has 0 unspecified atom stereocenters. The molecule has 176 valence electrons. The number of allylic oxidation sites excluding steroid dienone is 2. The van der Waals surface area contributed by atoms with Crippen LogP contribution >= 0.6 is 0 Å². The van der Waals surface area contributed by atoms with Gasteiger partial charge in [-0.15, -0.1) is 0 Å². The van der Waals surface area contributed by atoms with E-state index in [4.69, 9.17) is 0 Å². The molecule has 0 spiro atoms. The summed E-state index contributed by atoms with van der Waals surface area (Å²) in [4.78, 5) is 0. The van der Waals surface area contributed by atoms with Gasteiger partial charge in [0.15, 0.2) is 0 Å². The van der Waals surface area contributed by atoms with Gasteiger partial charge < -0.3 is 15.5 Å². The monoisotopic (exact) mass is 445 g/mol. The Morgan fingerprint density at radius 3 is 2.73 bits per heavy atom. The van der Waals surface area contributed by atoms with Crippen molar-refractivity contribution in [2.24, 2.45) is 17.8 Å². The van der Waals surface area contributed by atoms with E-state index < -0.39 is 6.10 Å². The lowest BCUT2D eigenvalue weighted by atomic mass is 9.88. The first-order valence-corrected chi connectivity index (χ1v) is 12.7. The smallest absolute Gasteiger partial charge is 0.0761 e. The van der Waals surface area contributed by atoms with Crippen LogP contribution in [0.4, 0.5) is 5.69 Å². The maximum Gasteiger partial charge on any atom is 0.0761 e. The molecule has 0 heterocycles. The molecule has 2 aromatic carbocycles. The quantitative estimate of drug-likeness (QED) is 0.291. The number of benzene rings is 2. The van der Waals surface area contributed by atoms with E-state index in [2.05, 4.69) is 66.9 Å². The van der Waals surface area contributed by atoms with Crippen LogP contribution in [0.25, 0.3) is 0 Å². The molecular weight excluding hydrogens is 406 g/mol. The molecule has 0 bridgehead atoms. The van der Waals surface area contributed by atoms with Gasteiger partial charge in [0.25, 0.3) is 0 Å². The molecule has 33 heavy (non-hydrogen) atoms. The van der Waals surface area contributed by atoms with Crippen LogP contribution in [0.2, 0.25) is 0 Å². The minimum atomic E-state index is -0.503. The highest BCUT2D eigenvalue weighted by atomic mass is 16.3. The number of nitrogens with one attached hydrogen (secondary N) is 1. The number of hydrogen-bond donors (Lipinski definition) is 3. The molecule has 1 saturated carbocycles. The van der Waals surface area contributed by atoms with E-state index in [0.29, 0.717) is 18.3 Å². The topological polar surface area (TPSA) is 52.5 Å². The van der Waals surface area contributed by atoms with Crippen molar-refractivity contribution in [1.82, 2.24) is 0 Å². The standard InChI is InChI=1S/C30H39NO2/c1-22-9-8-11-23(17-22)19-27(32)14-15-28-29-20-24(18-25(29)21-30(28)33)10-4-3-7-16-31-26-12-5-2-6-13-26/h2,5-6,8-9,11-15,17-18,25,27-33H,3-4,7,10,16,19-21H2,1H3/b15-14+/t25-,27-,28+,29-,30+/m0/s1. The summed E-state index contributed by atoms with van der Waals surface area (Å²) in [6.07, 6.45) is 13.1. The van der Waals surface area contributed by atoms with Gasteiger partial charge in [0.05, 0.1) is 12.2 Å². The predicted octanol–water partition coefficient (Wildman–Crippen LogP) is 6.07. The normalized spacial score (nSPS) is 25.2. The van der Waals surface area contributed by atoms with Crippen LogP contribution in [-0.2, 0) is 6.42 Å². The summed E-state index contributed by atoms with van der Waals surface area (Å²) in [7, 11) is 0. The first kappa shape index (κ1) is 23.8. The minimum Gasteiger partial charge on any atom is -0.392 e. The number of unbranched alkanes of at least 4 members (excludes halogenated alkanes) is 2. The number of fused-ring (bicyclic) bond motifs is 1. The molecule has 2 aromatic rings. The van der Waals surface area contributed by atoms with Gasteiger partial charge in [0.2, 0.25) is 0 Å². The zero-order valence-corrected chi connectivity index (χ0v) is 19.9. The van der Waals surface area contributed by atoms with E-state index in [0.717, 1.165) is 24.9 Å². The lowest BCUT2D eigenvalue weighted by Crippen LogP contribution is -2.18. The second-order valence-corrected chi connectivity index (χ2v) is 9.99. The van der Waals surface area contributed by atoms with Crippen LogP contribution in [0.3, 0.4) is 0 Å². The molecular formula is C30H39NO2. The van der Waals surface area contributed by atoms with Crippen LogP contribution in [0.15, 0.2) is 78.4 Å². The zero-order valence-electron chi connectivity index (χ0n) is 19.9. The number of rotatable bonds is 11. The Hall–Kier alpha value is -2.36. The number of aliphatic hydroxyl groups is 2. The summed E-state index contributed by atoms with van der Waals surface area (Å²) >= 11 is 0. The van der Waals surface area contributed by atoms with Gasteiger partial charge >= 0.3 is 0 Å². The van der Waals surface area contributed by atoms with E-state index in [1.54, 1.807) is 5.57 Å². The van der Waals surface area contributed by atoms with Crippen molar-refractivity contribution >= 4 is 5.69 Å². The highest BCUT2D eigenvalue weighted by molar-refractivity contribution is 5.42. The molecule has 2 aliphatic rings. The zero-order chi connectivity index (χ0) is 23.0. The third-order valence-corrected chi connectivity index (χ3v) is 7.31. The molecule has 1 fully saturated rings. The summed E-state index contributed by atoms with van der Waals surface area (Å²) in [6, 6.07) is 18.7. The second kappa shape index (κ2) is 11.7. The molecule has 0 amide bonds. The van der Waals surface area contributed by atoms with Gasteiger partial charge in [-0.2, -0.15) is 0 Å². The van der Waals surface area contributed by atoms with Crippen LogP contribution in [0, 0.1) is 24.7 Å². The number of hydrogen-bond acceptors (Lipinski definition) is 3. The molecule has 0 radical (unpaired) electrons. The molecule has 4 rings (SSSR count). The Morgan fingerprint density at radius 1 is 1.06 bits per heavy atom. The van der Waals surface area contributed by atoms with E-state index in [1.165, 1.54) is 36.9 Å². The van der Waals surface area contributed by atoms with Crippen molar-refractivity contribution in [3.8, 4) is 0 Å². The van der Waals surface area contributed by atoms with Crippen molar-refractivity contribution in [3.05, 3.63) is 89.5 Å². The summed E-state index contributed by atoms with van der Waals surface area (Å²) < 4.78 is 0. The number of para-hydroxylation sites is 1. The summed E-state index contributed by atoms with van der Waals surface area (Å²) in [6.45, 7) is 3.10. The summed E-state index contributed by atoms with van der Waals surface area (Å²) in [5.41, 5.74) is 5.15. The van der Waals surface area contributed by atoms with Crippen molar-refractivity contribution in [2.75, 3.05) is 11.9 Å². The highest BCUT2D eigenvalue weighted by Gasteiger charge is 2.43. The Balaban J connectivity index is 1.18. The number of aryl methyl sites for hydroxylation is 1. The van der Waals surface area contributed by atoms with Crippen molar-refractivity contribution in [1.29, 1.82) is 0 Å². The Morgan fingerprint density at radius 2 is 1.91 bits per heavy atom. The van der Waals surface area contributed by atoms with Gasteiger partial charge in [-0.25, -0.2) is 0 Å². The predicted molar refractivity (Wildman–Crippen MR) is 137 cm³/mol. The van der Waals surface area contributed by atoms with Gasteiger partial charge in [0.1, 0.15) is 0 Å². The van der Waals surface area contributed by atoms with E-state index in [-0.39, 0.29) is 12.0 Å². The lowest BCUT2D eigenvalue weighted by Gasteiger charge is -2.19. The fraction of sp³-hybridized carbons (Fsp3) is 0.467. The fourth-order valence-electron chi connectivity index (χ4n) is 5.64. The molecule has 5 atom stereocenters. The molecule has 2 aliphatic carbocycles. The largest absolute Gasteiger partial charge is 0.392 e. The Bertz CT molecular complexity index is 935. The minimum absolute atomic E-state index is 0.158.